The average molecular weight is 271 g/mol. The fourth-order valence-corrected chi connectivity index (χ4v) is 2.22. The molecule has 0 saturated carbocycles. The minimum absolute atomic E-state index is 0.540. The van der Waals surface area contributed by atoms with Gasteiger partial charge < -0.3 is 5.32 Å². The maximum atomic E-state index is 4.42. The van der Waals surface area contributed by atoms with Crippen LogP contribution in [-0.2, 0) is 6.54 Å². The Bertz CT molecular complexity index is 525. The molecule has 0 saturated heterocycles. The van der Waals surface area contributed by atoms with Gasteiger partial charge in [0.15, 0.2) is 0 Å². The van der Waals surface area contributed by atoms with E-state index in [4.69, 9.17) is 0 Å². The monoisotopic (exact) mass is 271 g/mol. The second-order valence-corrected chi connectivity index (χ2v) is 5.86. The number of hydrogen-bond acceptors (Lipinski definition) is 2. The average Bonchev–Trinajstić information content (AvgIpc) is 2.82. The zero-order valence-electron chi connectivity index (χ0n) is 12.9. The van der Waals surface area contributed by atoms with Gasteiger partial charge in [-0.25, -0.2) is 0 Å². The Morgan fingerprint density at radius 2 is 1.80 bits per heavy atom. The van der Waals surface area contributed by atoms with Gasteiger partial charge in [-0.3, -0.25) is 4.68 Å². The van der Waals surface area contributed by atoms with Crippen molar-refractivity contribution in [1.29, 1.82) is 0 Å². The van der Waals surface area contributed by atoms with Crippen molar-refractivity contribution in [3.8, 4) is 0 Å². The number of aromatic nitrogens is 2. The van der Waals surface area contributed by atoms with Crippen molar-refractivity contribution in [3.05, 3.63) is 53.3 Å². The molecule has 1 N–H and O–H groups in total. The second-order valence-electron chi connectivity index (χ2n) is 5.86. The topological polar surface area (TPSA) is 29.9 Å². The quantitative estimate of drug-likeness (QED) is 0.873. The molecule has 1 heterocycles. The summed E-state index contributed by atoms with van der Waals surface area (Å²) in [4.78, 5) is 0. The van der Waals surface area contributed by atoms with Crippen LogP contribution in [0.4, 0.5) is 0 Å². The lowest BCUT2D eigenvalue weighted by molar-refractivity contribution is 0.548. The summed E-state index contributed by atoms with van der Waals surface area (Å²) < 4.78 is 1.98. The number of nitrogens with zero attached hydrogens (tertiary/aromatic N) is 2. The van der Waals surface area contributed by atoms with Crippen molar-refractivity contribution in [2.24, 2.45) is 0 Å². The largest absolute Gasteiger partial charge is 0.314 e. The molecule has 108 valence electrons. The van der Waals surface area contributed by atoms with Gasteiger partial charge in [-0.2, -0.15) is 5.10 Å². The third-order valence-electron chi connectivity index (χ3n) is 3.50. The summed E-state index contributed by atoms with van der Waals surface area (Å²) in [6, 6.07) is 11.5. The van der Waals surface area contributed by atoms with Crippen LogP contribution in [-0.4, -0.2) is 22.4 Å². The Morgan fingerprint density at radius 3 is 2.35 bits per heavy atom. The number of nitrogens with one attached hydrogen (secondary N) is 1. The molecule has 0 fully saturated rings. The minimum Gasteiger partial charge on any atom is -0.314 e. The molecule has 0 aliphatic rings. The molecule has 1 aromatic heterocycles. The summed E-state index contributed by atoms with van der Waals surface area (Å²) in [5.41, 5.74) is 3.74. The van der Waals surface area contributed by atoms with E-state index in [1.165, 1.54) is 11.1 Å². The predicted molar refractivity (Wildman–Crippen MR) is 84.1 cm³/mol. The summed E-state index contributed by atoms with van der Waals surface area (Å²) in [6.07, 6.45) is 2.03. The molecule has 1 atom stereocenters. The first-order chi connectivity index (χ1) is 9.54. The standard InChI is InChI=1S/C17H25N3/c1-13(2)18-11-14(3)17-7-5-16(6-8-17)12-20-10-9-15(4)19-20/h5-10,13-14,18H,11-12H2,1-4H3. The van der Waals surface area contributed by atoms with Crippen LogP contribution < -0.4 is 5.32 Å². The van der Waals surface area contributed by atoms with Gasteiger partial charge in [0, 0.05) is 18.8 Å². The molecule has 0 spiro atoms. The van der Waals surface area contributed by atoms with Crippen molar-refractivity contribution < 1.29 is 0 Å². The van der Waals surface area contributed by atoms with Gasteiger partial charge in [-0.05, 0) is 30.0 Å². The van der Waals surface area contributed by atoms with Crippen molar-refractivity contribution in [2.45, 2.75) is 46.2 Å². The first-order valence-corrected chi connectivity index (χ1v) is 7.37. The van der Waals surface area contributed by atoms with Gasteiger partial charge >= 0.3 is 0 Å². The summed E-state index contributed by atoms with van der Waals surface area (Å²) in [5, 5.41) is 7.91. The number of benzene rings is 1. The SMILES string of the molecule is Cc1ccn(Cc2ccc(C(C)CNC(C)C)cc2)n1. The van der Waals surface area contributed by atoms with Crippen LogP contribution in [0.2, 0.25) is 0 Å². The van der Waals surface area contributed by atoms with Gasteiger partial charge in [0.05, 0.1) is 12.2 Å². The Morgan fingerprint density at radius 1 is 1.10 bits per heavy atom. The van der Waals surface area contributed by atoms with E-state index in [2.05, 4.69) is 55.5 Å². The van der Waals surface area contributed by atoms with Crippen molar-refractivity contribution in [3.63, 3.8) is 0 Å². The van der Waals surface area contributed by atoms with E-state index < -0.39 is 0 Å². The molecule has 3 heteroatoms. The highest BCUT2D eigenvalue weighted by Gasteiger charge is 2.06. The van der Waals surface area contributed by atoms with E-state index in [0.29, 0.717) is 12.0 Å². The lowest BCUT2D eigenvalue weighted by Crippen LogP contribution is -2.26. The Labute approximate surface area is 122 Å². The first-order valence-electron chi connectivity index (χ1n) is 7.37. The highest BCUT2D eigenvalue weighted by atomic mass is 15.3. The summed E-state index contributed by atoms with van der Waals surface area (Å²) in [7, 11) is 0. The third-order valence-corrected chi connectivity index (χ3v) is 3.50. The Hall–Kier alpha value is -1.61. The maximum Gasteiger partial charge on any atom is 0.0659 e. The summed E-state index contributed by atoms with van der Waals surface area (Å²) >= 11 is 0. The highest BCUT2D eigenvalue weighted by molar-refractivity contribution is 5.25. The van der Waals surface area contributed by atoms with Crippen LogP contribution in [0.5, 0.6) is 0 Å². The molecule has 0 amide bonds. The summed E-state index contributed by atoms with van der Waals surface area (Å²) in [6.45, 7) is 10.5. The molecule has 1 unspecified atom stereocenters. The van der Waals surface area contributed by atoms with E-state index in [1.807, 2.05) is 23.9 Å². The fourth-order valence-electron chi connectivity index (χ4n) is 2.22. The summed E-state index contributed by atoms with van der Waals surface area (Å²) in [5.74, 6) is 0.540. The first kappa shape index (κ1) is 14.8. The van der Waals surface area contributed by atoms with Gasteiger partial charge in [0.1, 0.15) is 0 Å². The molecule has 1 aromatic carbocycles. The van der Waals surface area contributed by atoms with Crippen LogP contribution in [0.3, 0.4) is 0 Å². The number of hydrogen-bond donors (Lipinski definition) is 1. The molecule has 3 nitrogen and oxygen atoms in total. The Kier molecular flexibility index (Phi) is 4.96. The van der Waals surface area contributed by atoms with Crippen molar-refractivity contribution >= 4 is 0 Å². The van der Waals surface area contributed by atoms with Crippen LogP contribution in [0, 0.1) is 6.92 Å². The van der Waals surface area contributed by atoms with Crippen LogP contribution in [0.1, 0.15) is 43.5 Å². The minimum atomic E-state index is 0.540. The number of aryl methyl sites for hydroxylation is 1. The highest BCUT2D eigenvalue weighted by Crippen LogP contribution is 2.16. The van der Waals surface area contributed by atoms with Crippen molar-refractivity contribution in [2.75, 3.05) is 6.54 Å². The zero-order chi connectivity index (χ0) is 14.5. The normalized spacial score (nSPS) is 12.8. The molecule has 0 bridgehead atoms. The van der Waals surface area contributed by atoms with Crippen LogP contribution in [0.15, 0.2) is 36.5 Å². The molecule has 2 aromatic rings. The van der Waals surface area contributed by atoms with Gasteiger partial charge in [-0.1, -0.05) is 45.0 Å². The second kappa shape index (κ2) is 6.71. The third kappa shape index (κ3) is 4.20. The predicted octanol–water partition coefficient (Wildman–Crippen LogP) is 3.34. The molecule has 0 aliphatic carbocycles. The molecule has 0 radical (unpaired) electrons. The Balaban J connectivity index is 1.95. The van der Waals surface area contributed by atoms with Gasteiger partial charge in [0.25, 0.3) is 0 Å². The molecule has 2 rings (SSSR count). The van der Waals surface area contributed by atoms with Crippen LogP contribution in [0.25, 0.3) is 0 Å². The molecular weight excluding hydrogens is 246 g/mol. The number of rotatable bonds is 6. The molecule has 20 heavy (non-hydrogen) atoms. The lowest BCUT2D eigenvalue weighted by atomic mass is 9.99. The smallest absolute Gasteiger partial charge is 0.0659 e. The van der Waals surface area contributed by atoms with Gasteiger partial charge in [0.2, 0.25) is 0 Å². The zero-order valence-corrected chi connectivity index (χ0v) is 12.9. The van der Waals surface area contributed by atoms with Crippen LogP contribution >= 0.6 is 0 Å². The van der Waals surface area contributed by atoms with Gasteiger partial charge in [-0.15, -0.1) is 0 Å². The fraction of sp³-hybridized carbons (Fsp3) is 0.471. The molecule has 0 aliphatic heterocycles. The van der Waals surface area contributed by atoms with E-state index in [0.717, 1.165) is 18.8 Å². The van der Waals surface area contributed by atoms with E-state index in [1.54, 1.807) is 0 Å². The van der Waals surface area contributed by atoms with E-state index >= 15 is 0 Å². The van der Waals surface area contributed by atoms with E-state index in [9.17, 15) is 0 Å². The van der Waals surface area contributed by atoms with Crippen molar-refractivity contribution in [1.82, 2.24) is 15.1 Å². The molecular formula is C17H25N3. The maximum absolute atomic E-state index is 4.42. The lowest BCUT2D eigenvalue weighted by Gasteiger charge is -2.15. The van der Waals surface area contributed by atoms with E-state index in [-0.39, 0.29) is 0 Å².